The topological polar surface area (TPSA) is 59.3 Å². The van der Waals surface area contributed by atoms with Gasteiger partial charge in [-0.1, -0.05) is 18.2 Å². The van der Waals surface area contributed by atoms with Crippen molar-refractivity contribution in [2.24, 2.45) is 7.05 Å². The van der Waals surface area contributed by atoms with Crippen LogP contribution in [0.25, 0.3) is 0 Å². The number of ether oxygens (including phenoxy) is 1. The predicted octanol–water partition coefficient (Wildman–Crippen LogP) is 1.30. The van der Waals surface area contributed by atoms with E-state index in [-0.39, 0.29) is 0 Å². The van der Waals surface area contributed by atoms with E-state index in [0.717, 1.165) is 24.3 Å². The minimum atomic E-state index is -0.517. The number of para-hydroxylation sites is 1. The molecule has 0 amide bonds. The van der Waals surface area contributed by atoms with E-state index >= 15 is 0 Å². The first kappa shape index (κ1) is 15.5. The lowest BCUT2D eigenvalue weighted by Crippen LogP contribution is -2.32. The second-order valence-corrected chi connectivity index (χ2v) is 5.13. The molecule has 0 spiro atoms. The fourth-order valence-electron chi connectivity index (χ4n) is 2.09. The average Bonchev–Trinajstić information content (AvgIpc) is 2.88. The molecule has 0 saturated heterocycles. The Kier molecular flexibility index (Phi) is 5.78. The van der Waals surface area contributed by atoms with E-state index in [4.69, 9.17) is 4.74 Å². The van der Waals surface area contributed by atoms with Gasteiger partial charge in [-0.15, -0.1) is 0 Å². The van der Waals surface area contributed by atoms with E-state index in [1.54, 1.807) is 6.20 Å². The first-order valence-electron chi connectivity index (χ1n) is 7.21. The van der Waals surface area contributed by atoms with Gasteiger partial charge in [-0.3, -0.25) is 4.68 Å². The largest absolute Gasteiger partial charge is 0.491 e. The first-order chi connectivity index (χ1) is 10.2. The van der Waals surface area contributed by atoms with Gasteiger partial charge < -0.3 is 15.2 Å². The molecule has 0 saturated carbocycles. The van der Waals surface area contributed by atoms with Crippen LogP contribution in [0, 0.1) is 6.92 Å². The van der Waals surface area contributed by atoms with Gasteiger partial charge in [-0.2, -0.15) is 5.10 Å². The summed E-state index contributed by atoms with van der Waals surface area (Å²) >= 11 is 0. The lowest BCUT2D eigenvalue weighted by atomic mass is 10.2. The van der Waals surface area contributed by atoms with Crippen molar-refractivity contribution in [3.63, 3.8) is 0 Å². The highest BCUT2D eigenvalue weighted by Gasteiger charge is 2.06. The van der Waals surface area contributed by atoms with Crippen LogP contribution in [0.15, 0.2) is 36.5 Å². The number of aryl methyl sites for hydroxylation is 2. The summed E-state index contributed by atoms with van der Waals surface area (Å²) in [6.07, 6.45) is 2.17. The maximum atomic E-state index is 9.91. The Hall–Kier alpha value is -1.85. The number of nitrogens with one attached hydrogen (secondary N) is 1. The molecule has 2 N–H and O–H groups in total. The van der Waals surface area contributed by atoms with Crippen LogP contribution in [-0.4, -0.2) is 40.7 Å². The maximum Gasteiger partial charge on any atom is 0.122 e. The number of rotatable bonds is 8. The quantitative estimate of drug-likeness (QED) is 0.719. The molecular weight excluding hydrogens is 266 g/mol. The maximum absolute atomic E-state index is 9.91. The van der Waals surface area contributed by atoms with Crippen molar-refractivity contribution in [1.29, 1.82) is 0 Å². The molecular formula is C16H23N3O2. The van der Waals surface area contributed by atoms with Crippen LogP contribution in [0.5, 0.6) is 5.75 Å². The summed E-state index contributed by atoms with van der Waals surface area (Å²) in [5.41, 5.74) is 2.25. The molecule has 2 rings (SSSR count). The van der Waals surface area contributed by atoms with E-state index < -0.39 is 6.10 Å². The summed E-state index contributed by atoms with van der Waals surface area (Å²) in [6.45, 7) is 3.61. The zero-order chi connectivity index (χ0) is 15.1. The highest BCUT2D eigenvalue weighted by Crippen LogP contribution is 2.16. The van der Waals surface area contributed by atoms with Gasteiger partial charge in [0.25, 0.3) is 0 Å². The summed E-state index contributed by atoms with van der Waals surface area (Å²) < 4.78 is 7.48. The number of hydrogen-bond acceptors (Lipinski definition) is 4. The van der Waals surface area contributed by atoms with E-state index in [1.165, 1.54) is 5.69 Å². The fraction of sp³-hybridized carbons (Fsp3) is 0.438. The number of nitrogens with zero attached hydrogens (tertiary/aromatic N) is 2. The zero-order valence-corrected chi connectivity index (χ0v) is 12.6. The molecule has 5 nitrogen and oxygen atoms in total. The Bertz CT molecular complexity index is 554. The molecule has 0 aliphatic rings. The van der Waals surface area contributed by atoms with Crippen LogP contribution in [-0.2, 0) is 13.5 Å². The number of benzene rings is 1. The van der Waals surface area contributed by atoms with Crippen molar-refractivity contribution in [1.82, 2.24) is 15.1 Å². The third kappa shape index (κ3) is 4.88. The number of aliphatic hydroxyl groups excluding tert-OH is 1. The Labute approximate surface area is 125 Å². The molecule has 2 aromatic rings. The van der Waals surface area contributed by atoms with E-state index in [1.807, 2.05) is 49.0 Å². The monoisotopic (exact) mass is 289 g/mol. The second kappa shape index (κ2) is 7.81. The number of aromatic nitrogens is 2. The van der Waals surface area contributed by atoms with Crippen molar-refractivity contribution >= 4 is 0 Å². The fourth-order valence-corrected chi connectivity index (χ4v) is 2.09. The van der Waals surface area contributed by atoms with Crippen LogP contribution in [0.2, 0.25) is 0 Å². The molecule has 1 unspecified atom stereocenters. The van der Waals surface area contributed by atoms with Gasteiger partial charge in [0.15, 0.2) is 0 Å². The van der Waals surface area contributed by atoms with Crippen LogP contribution in [0.4, 0.5) is 0 Å². The third-order valence-electron chi connectivity index (χ3n) is 3.39. The molecule has 21 heavy (non-hydrogen) atoms. The molecule has 0 aliphatic heterocycles. The molecule has 5 heteroatoms. The van der Waals surface area contributed by atoms with Gasteiger partial charge in [0.05, 0.1) is 0 Å². The molecule has 0 fully saturated rings. The van der Waals surface area contributed by atoms with Crippen LogP contribution in [0.3, 0.4) is 0 Å². The van der Waals surface area contributed by atoms with E-state index in [9.17, 15) is 5.11 Å². The molecule has 0 radical (unpaired) electrons. The number of aliphatic hydroxyl groups is 1. The molecule has 1 aromatic heterocycles. The minimum Gasteiger partial charge on any atom is -0.491 e. The van der Waals surface area contributed by atoms with Crippen LogP contribution in [0.1, 0.15) is 11.3 Å². The van der Waals surface area contributed by atoms with E-state index in [2.05, 4.69) is 10.4 Å². The molecule has 1 atom stereocenters. The minimum absolute atomic E-state index is 0.295. The summed E-state index contributed by atoms with van der Waals surface area (Å²) in [4.78, 5) is 0. The van der Waals surface area contributed by atoms with Crippen molar-refractivity contribution in [2.75, 3.05) is 19.7 Å². The molecule has 1 aromatic carbocycles. The highest BCUT2D eigenvalue weighted by atomic mass is 16.5. The molecule has 114 valence electrons. The molecule has 1 heterocycles. The average molecular weight is 289 g/mol. The van der Waals surface area contributed by atoms with Gasteiger partial charge in [0.2, 0.25) is 0 Å². The third-order valence-corrected chi connectivity index (χ3v) is 3.39. The second-order valence-electron chi connectivity index (χ2n) is 5.13. The van der Waals surface area contributed by atoms with Crippen molar-refractivity contribution in [3.05, 3.63) is 47.8 Å². The van der Waals surface area contributed by atoms with Gasteiger partial charge in [0.1, 0.15) is 18.5 Å². The zero-order valence-electron chi connectivity index (χ0n) is 12.6. The Morgan fingerprint density at radius 1 is 1.33 bits per heavy atom. The Morgan fingerprint density at radius 2 is 2.14 bits per heavy atom. The summed E-state index contributed by atoms with van der Waals surface area (Å²) in [5.74, 6) is 0.825. The van der Waals surface area contributed by atoms with E-state index in [0.29, 0.717) is 13.2 Å². The highest BCUT2D eigenvalue weighted by molar-refractivity contribution is 5.31. The van der Waals surface area contributed by atoms with Crippen molar-refractivity contribution in [2.45, 2.75) is 19.4 Å². The predicted molar refractivity (Wildman–Crippen MR) is 82.5 cm³/mol. The van der Waals surface area contributed by atoms with Gasteiger partial charge in [-0.25, -0.2) is 0 Å². The summed E-state index contributed by atoms with van der Waals surface area (Å²) in [5, 5.41) is 17.3. The first-order valence-corrected chi connectivity index (χ1v) is 7.21. The van der Waals surface area contributed by atoms with Crippen molar-refractivity contribution in [3.8, 4) is 5.75 Å². The Balaban J connectivity index is 1.63. The lowest BCUT2D eigenvalue weighted by molar-refractivity contribution is 0.106. The smallest absolute Gasteiger partial charge is 0.122 e. The van der Waals surface area contributed by atoms with Gasteiger partial charge in [0, 0.05) is 38.4 Å². The van der Waals surface area contributed by atoms with Gasteiger partial charge in [-0.05, 0) is 24.6 Å². The van der Waals surface area contributed by atoms with Crippen LogP contribution >= 0.6 is 0 Å². The SMILES string of the molecule is Cc1ccccc1OCC(O)CNCCc1ccnn1C. The molecule has 0 aliphatic carbocycles. The molecule has 0 bridgehead atoms. The van der Waals surface area contributed by atoms with Crippen molar-refractivity contribution < 1.29 is 9.84 Å². The number of hydrogen-bond donors (Lipinski definition) is 2. The standard InChI is InChI=1S/C16H23N3O2/c1-13-5-3-4-6-16(13)21-12-15(20)11-17-9-7-14-8-10-18-19(14)2/h3-6,8,10,15,17,20H,7,9,11-12H2,1-2H3. The lowest BCUT2D eigenvalue weighted by Gasteiger charge is -2.14. The van der Waals surface area contributed by atoms with Gasteiger partial charge >= 0.3 is 0 Å². The normalized spacial score (nSPS) is 12.3. The summed E-state index contributed by atoms with van der Waals surface area (Å²) in [7, 11) is 1.93. The van der Waals surface area contributed by atoms with Crippen LogP contribution < -0.4 is 10.1 Å². The Morgan fingerprint density at radius 3 is 2.86 bits per heavy atom. The summed E-state index contributed by atoms with van der Waals surface area (Å²) in [6, 6.07) is 9.81.